The maximum Gasteiger partial charge on any atom is 0.573 e. The highest BCUT2D eigenvalue weighted by Gasteiger charge is 2.31. The Morgan fingerprint density at radius 3 is 2.12 bits per heavy atom. The van der Waals surface area contributed by atoms with Gasteiger partial charge >= 0.3 is 6.36 Å². The van der Waals surface area contributed by atoms with Gasteiger partial charge in [-0.05, 0) is 67.1 Å². The second-order valence-corrected chi connectivity index (χ2v) is 7.74. The lowest BCUT2D eigenvalue weighted by Crippen LogP contribution is -2.16. The van der Waals surface area contributed by atoms with Crippen molar-refractivity contribution < 1.29 is 22.6 Å². The monoisotopic (exact) mass is 456 g/mol. The molecule has 0 spiro atoms. The Morgan fingerprint density at radius 2 is 1.52 bits per heavy atom. The molecule has 0 aliphatic heterocycles. The molecule has 6 nitrogen and oxygen atoms in total. The van der Waals surface area contributed by atoms with Crippen LogP contribution in [-0.2, 0) is 0 Å². The first-order valence-electron chi connectivity index (χ1n) is 10.2. The number of anilines is 2. The van der Waals surface area contributed by atoms with Crippen LogP contribution in [0.4, 0.5) is 24.8 Å². The summed E-state index contributed by atoms with van der Waals surface area (Å²) in [5.41, 5.74) is 3.85. The molecule has 2 N–H and O–H groups in total. The van der Waals surface area contributed by atoms with E-state index in [2.05, 4.69) is 26.9 Å². The van der Waals surface area contributed by atoms with E-state index in [0.717, 1.165) is 28.2 Å². The second-order valence-electron chi connectivity index (χ2n) is 7.74. The van der Waals surface area contributed by atoms with Crippen molar-refractivity contribution >= 4 is 22.7 Å². The largest absolute Gasteiger partial charge is 0.573 e. The lowest BCUT2D eigenvalue weighted by Gasteiger charge is -2.16. The number of imidazole rings is 1. The average molecular weight is 456 g/mol. The van der Waals surface area contributed by atoms with Gasteiger partial charge in [0.1, 0.15) is 17.2 Å². The number of benzene rings is 3. The highest BCUT2D eigenvalue weighted by molar-refractivity contribution is 5.81. The van der Waals surface area contributed by atoms with Gasteiger partial charge in [-0.25, -0.2) is 4.98 Å². The van der Waals surface area contributed by atoms with E-state index in [9.17, 15) is 13.2 Å². The van der Waals surface area contributed by atoms with E-state index in [1.807, 2.05) is 61.5 Å². The van der Waals surface area contributed by atoms with E-state index in [0.29, 0.717) is 11.5 Å². The van der Waals surface area contributed by atoms with E-state index < -0.39 is 6.36 Å². The minimum atomic E-state index is -4.72. The van der Waals surface area contributed by atoms with Gasteiger partial charge in [-0.2, -0.15) is 0 Å². The third-order valence-corrected chi connectivity index (χ3v) is 4.95. The molecule has 3 aromatic carbocycles. The summed E-state index contributed by atoms with van der Waals surface area (Å²) in [6.45, 7) is 2.05. The molecule has 0 saturated carbocycles. The fourth-order valence-corrected chi connectivity index (χ4v) is 3.30. The summed E-state index contributed by atoms with van der Waals surface area (Å²) >= 11 is 0. The number of aromatic amines is 1. The maximum absolute atomic E-state index is 12.3. The number of fused-ring (bicyclic) bond motifs is 1. The smallest absolute Gasteiger partial charge is 0.457 e. The highest BCUT2D eigenvalue weighted by Crippen LogP contribution is 2.29. The molecular formula is C24H23F3N4O2. The molecule has 9 heteroatoms. The van der Waals surface area contributed by atoms with Crippen LogP contribution in [0.15, 0.2) is 66.7 Å². The molecule has 0 saturated heterocycles. The number of rotatable bonds is 7. The number of nitrogens with one attached hydrogen (secondary N) is 2. The molecule has 4 rings (SSSR count). The Balaban J connectivity index is 1.39. The zero-order valence-corrected chi connectivity index (χ0v) is 18.3. The molecule has 0 bridgehead atoms. The number of H-pyrrole nitrogens is 1. The number of hydrogen-bond acceptors (Lipinski definition) is 5. The topological polar surface area (TPSA) is 62.4 Å². The van der Waals surface area contributed by atoms with Gasteiger partial charge in [0.2, 0.25) is 5.95 Å². The summed E-state index contributed by atoms with van der Waals surface area (Å²) in [5.74, 6) is 1.49. The molecule has 0 amide bonds. The van der Waals surface area contributed by atoms with Crippen LogP contribution in [0.5, 0.6) is 17.2 Å². The first kappa shape index (κ1) is 22.3. The van der Waals surface area contributed by atoms with Crippen molar-refractivity contribution in [2.45, 2.75) is 19.3 Å². The third-order valence-electron chi connectivity index (χ3n) is 4.95. The molecular weight excluding hydrogens is 433 g/mol. The zero-order valence-electron chi connectivity index (χ0n) is 18.3. The number of aromatic nitrogens is 2. The standard InChI is InChI=1S/C24H23F3N4O2/c1-15(28-17-6-13-21-22(14-17)30-23(29-21)31(2)3)16-4-7-18(8-5-16)32-19-9-11-20(12-10-19)33-24(25,26)27/h4-15,28H,1-3H3,(H,29,30). The summed E-state index contributed by atoms with van der Waals surface area (Å²) in [6, 6.07) is 18.8. The van der Waals surface area contributed by atoms with E-state index in [1.54, 1.807) is 0 Å². The number of alkyl halides is 3. The number of nitrogens with zero attached hydrogens (tertiary/aromatic N) is 2. The zero-order chi connectivity index (χ0) is 23.6. The van der Waals surface area contributed by atoms with E-state index in [4.69, 9.17) is 4.74 Å². The molecule has 0 radical (unpaired) electrons. The van der Waals surface area contributed by atoms with Crippen molar-refractivity contribution in [3.05, 3.63) is 72.3 Å². The SMILES string of the molecule is CC(Nc1ccc2[nH]c(N(C)C)nc2c1)c1ccc(Oc2ccc(OC(F)(F)F)cc2)cc1. The van der Waals surface area contributed by atoms with Crippen LogP contribution in [0.25, 0.3) is 11.0 Å². The van der Waals surface area contributed by atoms with Crippen LogP contribution < -0.4 is 19.7 Å². The molecule has 172 valence electrons. The molecule has 1 unspecified atom stereocenters. The van der Waals surface area contributed by atoms with Crippen molar-refractivity contribution in [3.8, 4) is 17.2 Å². The lowest BCUT2D eigenvalue weighted by atomic mass is 10.1. The van der Waals surface area contributed by atoms with Gasteiger partial charge in [0.25, 0.3) is 0 Å². The summed E-state index contributed by atoms with van der Waals surface area (Å²) in [5, 5.41) is 3.47. The Labute approximate surface area is 189 Å². The molecule has 0 aliphatic rings. The third kappa shape index (κ3) is 5.68. The maximum atomic E-state index is 12.3. The average Bonchev–Trinajstić information content (AvgIpc) is 3.18. The lowest BCUT2D eigenvalue weighted by molar-refractivity contribution is -0.274. The Morgan fingerprint density at radius 1 is 0.909 bits per heavy atom. The van der Waals surface area contributed by atoms with Crippen LogP contribution in [0.2, 0.25) is 0 Å². The van der Waals surface area contributed by atoms with Crippen LogP contribution in [0, 0.1) is 0 Å². The van der Waals surface area contributed by atoms with Gasteiger partial charge in [-0.15, -0.1) is 13.2 Å². The van der Waals surface area contributed by atoms with Crippen molar-refractivity contribution in [1.82, 2.24) is 9.97 Å². The number of hydrogen-bond donors (Lipinski definition) is 2. The predicted octanol–water partition coefficient (Wildman–Crippen LogP) is 6.49. The van der Waals surface area contributed by atoms with Crippen molar-refractivity contribution in [1.29, 1.82) is 0 Å². The van der Waals surface area contributed by atoms with Crippen LogP contribution in [-0.4, -0.2) is 30.4 Å². The van der Waals surface area contributed by atoms with E-state index in [1.165, 1.54) is 24.3 Å². The van der Waals surface area contributed by atoms with Crippen LogP contribution in [0.1, 0.15) is 18.5 Å². The molecule has 0 aliphatic carbocycles. The molecule has 4 aromatic rings. The quantitative estimate of drug-likeness (QED) is 0.333. The first-order valence-corrected chi connectivity index (χ1v) is 10.2. The summed E-state index contributed by atoms with van der Waals surface area (Å²) < 4.78 is 46.4. The minimum Gasteiger partial charge on any atom is -0.457 e. The highest BCUT2D eigenvalue weighted by atomic mass is 19.4. The number of ether oxygens (including phenoxy) is 2. The van der Waals surface area contributed by atoms with Gasteiger partial charge in [0.15, 0.2) is 0 Å². The van der Waals surface area contributed by atoms with Gasteiger partial charge in [0, 0.05) is 25.8 Å². The molecule has 1 atom stereocenters. The molecule has 1 aromatic heterocycles. The van der Waals surface area contributed by atoms with Crippen molar-refractivity contribution in [2.24, 2.45) is 0 Å². The minimum absolute atomic E-state index is 0.0301. The molecule has 33 heavy (non-hydrogen) atoms. The van der Waals surface area contributed by atoms with E-state index >= 15 is 0 Å². The second kappa shape index (κ2) is 8.93. The summed E-state index contributed by atoms with van der Waals surface area (Å²) in [7, 11) is 3.87. The summed E-state index contributed by atoms with van der Waals surface area (Å²) in [4.78, 5) is 9.76. The fourth-order valence-electron chi connectivity index (χ4n) is 3.30. The van der Waals surface area contributed by atoms with Crippen molar-refractivity contribution in [3.63, 3.8) is 0 Å². The fraction of sp³-hybridized carbons (Fsp3) is 0.208. The molecule has 1 heterocycles. The Kier molecular flexibility index (Phi) is 6.04. The first-order chi connectivity index (χ1) is 15.7. The molecule has 0 fully saturated rings. The Bertz CT molecular complexity index is 1220. The van der Waals surface area contributed by atoms with Crippen LogP contribution >= 0.6 is 0 Å². The van der Waals surface area contributed by atoms with Gasteiger partial charge in [-0.3, -0.25) is 0 Å². The van der Waals surface area contributed by atoms with Gasteiger partial charge < -0.3 is 24.7 Å². The van der Waals surface area contributed by atoms with Crippen LogP contribution in [0.3, 0.4) is 0 Å². The van der Waals surface area contributed by atoms with Crippen molar-refractivity contribution in [2.75, 3.05) is 24.3 Å². The predicted molar refractivity (Wildman–Crippen MR) is 122 cm³/mol. The van der Waals surface area contributed by atoms with E-state index in [-0.39, 0.29) is 11.8 Å². The number of halogens is 3. The van der Waals surface area contributed by atoms with Gasteiger partial charge in [-0.1, -0.05) is 12.1 Å². The Hall–Kier alpha value is -3.88. The normalized spacial score (nSPS) is 12.4. The summed E-state index contributed by atoms with van der Waals surface area (Å²) in [6.07, 6.45) is -4.72. The van der Waals surface area contributed by atoms with Gasteiger partial charge in [0.05, 0.1) is 11.0 Å².